The molecular formula is C13H9F3N4O. The molecule has 8 heteroatoms. The third-order valence-electron chi connectivity index (χ3n) is 2.50. The summed E-state index contributed by atoms with van der Waals surface area (Å²) in [5.74, 6) is -0.651. The fourth-order valence-electron chi connectivity index (χ4n) is 1.57. The van der Waals surface area contributed by atoms with Gasteiger partial charge in [-0.3, -0.25) is 0 Å². The Balaban J connectivity index is 2.13. The molecule has 1 aromatic carbocycles. The molecule has 1 heterocycles. The molecule has 0 aliphatic heterocycles. The predicted molar refractivity (Wildman–Crippen MR) is 67.1 cm³/mol. The zero-order chi connectivity index (χ0) is 15.2. The summed E-state index contributed by atoms with van der Waals surface area (Å²) in [6.07, 6.45) is 2.52. The molecular weight excluding hydrogens is 285 g/mol. The normalized spacial score (nSPS) is 10.2. The minimum absolute atomic E-state index is 0.0519. The summed E-state index contributed by atoms with van der Waals surface area (Å²) in [6, 6.07) is 5.46. The lowest BCUT2D eigenvalue weighted by molar-refractivity contribution is -0.0505. The average Bonchev–Trinajstić information content (AvgIpc) is 2.46. The van der Waals surface area contributed by atoms with Gasteiger partial charge in [-0.2, -0.15) is 14.0 Å². The van der Waals surface area contributed by atoms with Gasteiger partial charge in [-0.05, 0) is 12.1 Å². The van der Waals surface area contributed by atoms with Crippen molar-refractivity contribution in [3.63, 3.8) is 0 Å². The Bertz CT molecular complexity index is 655. The van der Waals surface area contributed by atoms with Crippen LogP contribution in [0.3, 0.4) is 0 Å². The Kier molecular flexibility index (Phi) is 4.56. The van der Waals surface area contributed by atoms with E-state index < -0.39 is 12.4 Å². The third-order valence-corrected chi connectivity index (χ3v) is 2.50. The number of anilines is 1. The van der Waals surface area contributed by atoms with Crippen molar-refractivity contribution in [3.8, 4) is 11.8 Å². The van der Waals surface area contributed by atoms with E-state index in [1.165, 1.54) is 24.5 Å². The highest BCUT2D eigenvalue weighted by Crippen LogP contribution is 2.24. The number of hydrogen-bond donors (Lipinski definition) is 1. The minimum Gasteiger partial charge on any atom is -0.434 e. The fraction of sp³-hybridized carbons (Fsp3) is 0.154. The first kappa shape index (κ1) is 14.6. The molecule has 2 rings (SSSR count). The molecule has 0 fully saturated rings. The largest absolute Gasteiger partial charge is 0.434 e. The van der Waals surface area contributed by atoms with Crippen molar-refractivity contribution in [2.24, 2.45) is 0 Å². The minimum atomic E-state index is -3.04. The summed E-state index contributed by atoms with van der Waals surface area (Å²) >= 11 is 0. The Labute approximate surface area is 118 Å². The maximum Gasteiger partial charge on any atom is 0.387 e. The molecule has 0 saturated carbocycles. The topological polar surface area (TPSA) is 70.8 Å². The number of halogens is 3. The lowest BCUT2D eigenvalue weighted by Gasteiger charge is -2.12. The van der Waals surface area contributed by atoms with Crippen molar-refractivity contribution in [2.75, 3.05) is 5.32 Å². The van der Waals surface area contributed by atoms with Gasteiger partial charge in [0.25, 0.3) is 0 Å². The van der Waals surface area contributed by atoms with Crippen LogP contribution in [0, 0.1) is 17.1 Å². The van der Waals surface area contributed by atoms with Crippen molar-refractivity contribution in [3.05, 3.63) is 47.7 Å². The van der Waals surface area contributed by atoms with Gasteiger partial charge in [-0.15, -0.1) is 0 Å². The number of nitriles is 1. The second-order valence-electron chi connectivity index (χ2n) is 3.85. The molecule has 1 aromatic heterocycles. The summed E-state index contributed by atoms with van der Waals surface area (Å²) in [7, 11) is 0. The van der Waals surface area contributed by atoms with Crippen molar-refractivity contribution in [1.82, 2.24) is 9.97 Å². The molecule has 0 aliphatic carbocycles. The smallest absolute Gasteiger partial charge is 0.387 e. The van der Waals surface area contributed by atoms with E-state index in [2.05, 4.69) is 20.0 Å². The van der Waals surface area contributed by atoms with Gasteiger partial charge in [-0.25, -0.2) is 14.4 Å². The molecule has 1 N–H and O–H groups in total. The first-order valence-corrected chi connectivity index (χ1v) is 5.78. The van der Waals surface area contributed by atoms with E-state index in [-0.39, 0.29) is 29.4 Å². The van der Waals surface area contributed by atoms with Gasteiger partial charge in [0.15, 0.2) is 5.69 Å². The number of nitrogens with one attached hydrogen (secondary N) is 1. The molecule has 0 spiro atoms. The molecule has 5 nitrogen and oxygen atoms in total. The molecule has 0 saturated heterocycles. The Morgan fingerprint density at radius 2 is 2.10 bits per heavy atom. The van der Waals surface area contributed by atoms with E-state index in [9.17, 15) is 13.2 Å². The summed E-state index contributed by atoms with van der Waals surface area (Å²) in [6.45, 7) is -3.16. The Morgan fingerprint density at radius 1 is 1.29 bits per heavy atom. The lowest BCUT2D eigenvalue weighted by atomic mass is 10.2. The molecule has 21 heavy (non-hydrogen) atoms. The summed E-state index contributed by atoms with van der Waals surface area (Å²) < 4.78 is 42.5. The number of alkyl halides is 2. The van der Waals surface area contributed by atoms with E-state index in [0.717, 1.165) is 6.07 Å². The summed E-state index contributed by atoms with van der Waals surface area (Å²) in [5.41, 5.74) is 0.0807. The summed E-state index contributed by atoms with van der Waals surface area (Å²) in [4.78, 5) is 7.65. The fourth-order valence-corrected chi connectivity index (χ4v) is 1.57. The van der Waals surface area contributed by atoms with E-state index in [1.54, 1.807) is 6.07 Å². The lowest BCUT2D eigenvalue weighted by Crippen LogP contribution is -2.09. The molecule has 108 valence electrons. The maximum atomic E-state index is 13.7. The molecule has 2 aromatic rings. The van der Waals surface area contributed by atoms with Gasteiger partial charge in [0.1, 0.15) is 23.5 Å². The van der Waals surface area contributed by atoms with E-state index in [0.29, 0.717) is 0 Å². The van der Waals surface area contributed by atoms with Crippen molar-refractivity contribution in [2.45, 2.75) is 13.2 Å². The van der Waals surface area contributed by atoms with E-state index in [4.69, 9.17) is 5.26 Å². The molecule has 0 radical (unpaired) electrons. The second kappa shape index (κ2) is 6.56. The van der Waals surface area contributed by atoms with Crippen LogP contribution in [0.25, 0.3) is 0 Å². The number of benzene rings is 1. The van der Waals surface area contributed by atoms with Gasteiger partial charge in [0.05, 0.1) is 12.4 Å². The van der Waals surface area contributed by atoms with Crippen LogP contribution < -0.4 is 10.1 Å². The zero-order valence-electron chi connectivity index (χ0n) is 10.6. The molecule has 0 amide bonds. The summed E-state index contributed by atoms with van der Waals surface area (Å²) in [5, 5.41) is 11.3. The number of nitrogens with zero attached hydrogens (tertiary/aromatic N) is 3. The predicted octanol–water partition coefficient (Wildman–Crippen LogP) is 2.70. The zero-order valence-corrected chi connectivity index (χ0v) is 10.6. The molecule has 0 atom stereocenters. The van der Waals surface area contributed by atoms with Gasteiger partial charge in [0, 0.05) is 12.1 Å². The van der Waals surface area contributed by atoms with Crippen LogP contribution >= 0.6 is 0 Å². The second-order valence-corrected chi connectivity index (χ2v) is 3.85. The van der Waals surface area contributed by atoms with Crippen molar-refractivity contribution < 1.29 is 17.9 Å². The molecule has 0 aliphatic rings. The van der Waals surface area contributed by atoms with Crippen LogP contribution in [0.1, 0.15) is 11.3 Å². The van der Waals surface area contributed by atoms with E-state index >= 15 is 0 Å². The first-order valence-electron chi connectivity index (χ1n) is 5.78. The number of hydrogen-bond acceptors (Lipinski definition) is 5. The number of aromatic nitrogens is 2. The highest BCUT2D eigenvalue weighted by atomic mass is 19.3. The molecule has 0 bridgehead atoms. The van der Waals surface area contributed by atoms with Gasteiger partial charge in [0.2, 0.25) is 0 Å². The first-order chi connectivity index (χ1) is 10.1. The Hall–Kier alpha value is -2.82. The van der Waals surface area contributed by atoms with Crippen LogP contribution in [-0.4, -0.2) is 16.6 Å². The van der Waals surface area contributed by atoms with Gasteiger partial charge in [-0.1, -0.05) is 6.07 Å². The van der Waals surface area contributed by atoms with Crippen molar-refractivity contribution in [1.29, 1.82) is 5.26 Å². The Morgan fingerprint density at radius 3 is 2.71 bits per heavy atom. The highest BCUT2D eigenvalue weighted by molar-refractivity contribution is 5.40. The van der Waals surface area contributed by atoms with Crippen LogP contribution in [0.4, 0.5) is 19.0 Å². The van der Waals surface area contributed by atoms with Crippen LogP contribution in [-0.2, 0) is 6.54 Å². The van der Waals surface area contributed by atoms with Gasteiger partial charge < -0.3 is 10.1 Å². The standard InChI is InChI=1S/C13H9F3N4O/c14-10-2-1-3-11(21-13(15)16)9(10)6-20-12-7-18-8(4-17)5-19-12/h1-3,5,7,13H,6H2,(H,19,20). The maximum absolute atomic E-state index is 13.7. The van der Waals surface area contributed by atoms with E-state index in [1.807, 2.05) is 0 Å². The SMILES string of the molecule is N#Cc1cnc(NCc2c(F)cccc2OC(F)F)cn1. The monoisotopic (exact) mass is 294 g/mol. The van der Waals surface area contributed by atoms with Crippen LogP contribution in [0.2, 0.25) is 0 Å². The third kappa shape index (κ3) is 3.82. The quantitative estimate of drug-likeness (QED) is 0.918. The number of ether oxygens (including phenoxy) is 1. The molecule has 0 unspecified atom stereocenters. The highest BCUT2D eigenvalue weighted by Gasteiger charge is 2.13. The van der Waals surface area contributed by atoms with Crippen LogP contribution in [0.15, 0.2) is 30.6 Å². The number of rotatable bonds is 5. The van der Waals surface area contributed by atoms with Gasteiger partial charge >= 0.3 is 6.61 Å². The van der Waals surface area contributed by atoms with Crippen molar-refractivity contribution >= 4 is 5.82 Å². The average molecular weight is 294 g/mol. The van der Waals surface area contributed by atoms with Crippen LogP contribution in [0.5, 0.6) is 5.75 Å².